The molecule has 0 radical (unpaired) electrons. The van der Waals surface area contributed by atoms with E-state index in [1.807, 2.05) is 32.0 Å². The average molecular weight is 428 g/mol. The van der Waals surface area contributed by atoms with Crippen LogP contribution in [-0.4, -0.2) is 33.1 Å². The lowest BCUT2D eigenvalue weighted by Gasteiger charge is -2.13. The molecule has 1 amide bonds. The first-order chi connectivity index (χ1) is 14.4. The zero-order valence-electron chi connectivity index (χ0n) is 17.4. The first kappa shape index (κ1) is 20.3. The lowest BCUT2D eigenvalue weighted by atomic mass is 10.1. The molecule has 2 aromatic heterocycles. The van der Waals surface area contributed by atoms with E-state index < -0.39 is 5.69 Å². The lowest BCUT2D eigenvalue weighted by molar-refractivity contribution is -0.116. The number of thiazole rings is 1. The molecular weight excluding hydrogens is 402 g/mol. The molecule has 1 aliphatic rings. The van der Waals surface area contributed by atoms with Crippen molar-refractivity contribution < 1.29 is 4.79 Å². The van der Waals surface area contributed by atoms with E-state index in [1.165, 1.54) is 20.5 Å². The summed E-state index contributed by atoms with van der Waals surface area (Å²) in [6, 6.07) is 5.78. The summed E-state index contributed by atoms with van der Waals surface area (Å²) in [6.07, 6.45) is 2.17. The first-order valence-electron chi connectivity index (χ1n) is 10.2. The van der Waals surface area contributed by atoms with Gasteiger partial charge in [-0.05, 0) is 44.7 Å². The Morgan fingerprint density at radius 2 is 1.80 bits per heavy atom. The number of aromatic nitrogens is 3. The quantitative estimate of drug-likeness (QED) is 0.676. The van der Waals surface area contributed by atoms with Crippen LogP contribution in [0.5, 0.6) is 0 Å². The Balaban J connectivity index is 1.76. The number of para-hydroxylation sites is 1. The van der Waals surface area contributed by atoms with Crippen molar-refractivity contribution in [3.63, 3.8) is 0 Å². The zero-order chi connectivity index (χ0) is 21.4. The Kier molecular flexibility index (Phi) is 5.46. The van der Waals surface area contributed by atoms with E-state index in [-0.39, 0.29) is 24.6 Å². The van der Waals surface area contributed by atoms with Crippen LogP contribution in [0.25, 0.3) is 10.3 Å². The molecule has 0 bridgehead atoms. The van der Waals surface area contributed by atoms with Crippen LogP contribution in [0, 0.1) is 13.8 Å². The second-order valence-electron chi connectivity index (χ2n) is 7.58. The van der Waals surface area contributed by atoms with Gasteiger partial charge in [0, 0.05) is 25.3 Å². The van der Waals surface area contributed by atoms with Crippen molar-refractivity contribution in [2.24, 2.45) is 0 Å². The van der Waals surface area contributed by atoms with Crippen LogP contribution >= 0.6 is 11.3 Å². The number of fused-ring (bicyclic) bond motifs is 1. The van der Waals surface area contributed by atoms with E-state index in [1.54, 1.807) is 6.92 Å². The summed E-state index contributed by atoms with van der Waals surface area (Å²) in [5.41, 5.74) is 2.08. The van der Waals surface area contributed by atoms with Crippen molar-refractivity contribution >= 4 is 38.4 Å². The van der Waals surface area contributed by atoms with Gasteiger partial charge in [-0.15, -0.1) is 0 Å². The van der Waals surface area contributed by atoms with Gasteiger partial charge in [0.15, 0.2) is 10.8 Å². The third kappa shape index (κ3) is 3.54. The van der Waals surface area contributed by atoms with Crippen LogP contribution in [0.2, 0.25) is 0 Å². The normalized spacial score (nSPS) is 13.9. The highest BCUT2D eigenvalue weighted by molar-refractivity contribution is 7.22. The zero-order valence-corrected chi connectivity index (χ0v) is 18.2. The second-order valence-corrected chi connectivity index (χ2v) is 8.55. The summed E-state index contributed by atoms with van der Waals surface area (Å²) in [7, 11) is 0. The molecule has 158 valence electrons. The van der Waals surface area contributed by atoms with Crippen LogP contribution in [0.3, 0.4) is 0 Å². The molecule has 0 unspecified atom stereocenters. The second kappa shape index (κ2) is 8.06. The van der Waals surface area contributed by atoms with Crippen molar-refractivity contribution in [1.29, 1.82) is 0 Å². The molecule has 1 fully saturated rings. The fourth-order valence-electron chi connectivity index (χ4n) is 3.87. The van der Waals surface area contributed by atoms with E-state index in [4.69, 9.17) is 0 Å². The van der Waals surface area contributed by atoms with Crippen LogP contribution in [0.15, 0.2) is 27.8 Å². The van der Waals surface area contributed by atoms with Crippen LogP contribution in [-0.2, 0) is 17.9 Å². The molecule has 0 atom stereocenters. The number of nitrogens with zero attached hydrogens (tertiary/aromatic N) is 4. The van der Waals surface area contributed by atoms with Gasteiger partial charge >= 0.3 is 5.69 Å². The van der Waals surface area contributed by atoms with Crippen molar-refractivity contribution in [1.82, 2.24) is 14.1 Å². The van der Waals surface area contributed by atoms with Gasteiger partial charge in [0.05, 0.1) is 0 Å². The summed E-state index contributed by atoms with van der Waals surface area (Å²) in [5, 5.41) is 3.65. The molecule has 4 rings (SSSR count). The van der Waals surface area contributed by atoms with Gasteiger partial charge in [0.1, 0.15) is 11.2 Å². The third-order valence-corrected chi connectivity index (χ3v) is 6.59. The Bertz CT molecular complexity index is 1210. The molecule has 8 nitrogen and oxygen atoms in total. The Morgan fingerprint density at radius 3 is 2.43 bits per heavy atom. The van der Waals surface area contributed by atoms with Gasteiger partial charge in [0.2, 0.25) is 5.91 Å². The third-order valence-electron chi connectivity index (χ3n) is 5.49. The van der Waals surface area contributed by atoms with Gasteiger partial charge in [-0.3, -0.25) is 18.7 Å². The topological polar surface area (TPSA) is 89.2 Å². The van der Waals surface area contributed by atoms with Crippen LogP contribution in [0.4, 0.5) is 10.8 Å². The number of amides is 1. The first-order valence-corrected chi connectivity index (χ1v) is 11.0. The molecule has 1 saturated heterocycles. The predicted molar refractivity (Wildman–Crippen MR) is 120 cm³/mol. The van der Waals surface area contributed by atoms with E-state index in [2.05, 4.69) is 15.2 Å². The maximum atomic E-state index is 13.0. The molecule has 3 aromatic rings. The van der Waals surface area contributed by atoms with E-state index in [0.717, 1.165) is 47.9 Å². The molecule has 30 heavy (non-hydrogen) atoms. The molecule has 3 heterocycles. The SMILES string of the molecule is CCn1c(=O)c2sc(N3CCCC3)nc2n(CC(=O)Nc2c(C)cccc2C)c1=O. The maximum absolute atomic E-state index is 13.0. The Hall–Kier alpha value is -2.94. The van der Waals surface area contributed by atoms with Gasteiger partial charge in [0.25, 0.3) is 5.56 Å². The number of carbonyl (C=O) groups is 1. The van der Waals surface area contributed by atoms with Crippen molar-refractivity contribution in [2.75, 3.05) is 23.3 Å². The number of hydrogen-bond donors (Lipinski definition) is 1. The molecule has 1 aliphatic heterocycles. The monoisotopic (exact) mass is 427 g/mol. The number of anilines is 2. The van der Waals surface area contributed by atoms with Crippen molar-refractivity contribution in [3.8, 4) is 0 Å². The summed E-state index contributed by atoms with van der Waals surface area (Å²) in [5.74, 6) is -0.326. The fraction of sp³-hybridized carbons (Fsp3) is 0.429. The largest absolute Gasteiger partial charge is 0.348 e. The highest BCUT2D eigenvalue weighted by atomic mass is 32.1. The van der Waals surface area contributed by atoms with Gasteiger partial charge in [-0.25, -0.2) is 9.78 Å². The minimum absolute atomic E-state index is 0.202. The van der Waals surface area contributed by atoms with E-state index in [9.17, 15) is 14.4 Å². The summed E-state index contributed by atoms with van der Waals surface area (Å²) >= 11 is 1.30. The van der Waals surface area contributed by atoms with Crippen LogP contribution in [0.1, 0.15) is 30.9 Å². The highest BCUT2D eigenvalue weighted by Gasteiger charge is 2.23. The summed E-state index contributed by atoms with van der Waals surface area (Å²) in [4.78, 5) is 45.4. The molecule has 1 aromatic carbocycles. The molecule has 0 spiro atoms. The number of aryl methyl sites for hydroxylation is 2. The number of nitrogens with one attached hydrogen (secondary N) is 1. The smallest absolute Gasteiger partial charge is 0.333 e. The summed E-state index contributed by atoms with van der Waals surface area (Å²) < 4.78 is 2.90. The van der Waals surface area contributed by atoms with Gasteiger partial charge in [-0.1, -0.05) is 29.5 Å². The minimum Gasteiger partial charge on any atom is -0.348 e. The molecule has 1 N–H and O–H groups in total. The summed E-state index contributed by atoms with van der Waals surface area (Å²) in [6.45, 7) is 7.41. The number of carbonyl (C=O) groups excluding carboxylic acids is 1. The maximum Gasteiger partial charge on any atom is 0.333 e. The minimum atomic E-state index is -0.509. The fourth-order valence-corrected chi connectivity index (χ4v) is 4.94. The highest BCUT2D eigenvalue weighted by Crippen LogP contribution is 2.28. The standard InChI is InChI=1S/C21H25N5O3S/c1-4-25-19(28)17-18(23-20(30-17)24-10-5-6-11-24)26(21(25)29)12-15(27)22-16-13(2)8-7-9-14(16)3/h7-9H,4-6,10-12H2,1-3H3,(H,22,27). The number of hydrogen-bond acceptors (Lipinski definition) is 6. The van der Waals surface area contributed by atoms with Gasteiger partial charge < -0.3 is 10.2 Å². The van der Waals surface area contributed by atoms with Gasteiger partial charge in [-0.2, -0.15) is 0 Å². The number of rotatable bonds is 5. The number of benzene rings is 1. The molecular formula is C21H25N5O3S. The predicted octanol–water partition coefficient (Wildman–Crippen LogP) is 2.50. The Labute approximate surface area is 177 Å². The molecule has 9 heteroatoms. The van der Waals surface area contributed by atoms with E-state index >= 15 is 0 Å². The molecule has 0 saturated carbocycles. The van der Waals surface area contributed by atoms with Crippen LogP contribution < -0.4 is 21.5 Å². The van der Waals surface area contributed by atoms with Crippen molar-refractivity contribution in [2.45, 2.75) is 46.7 Å². The van der Waals surface area contributed by atoms with Crippen molar-refractivity contribution in [3.05, 3.63) is 50.2 Å². The Morgan fingerprint density at radius 1 is 1.13 bits per heavy atom. The lowest BCUT2D eigenvalue weighted by Crippen LogP contribution is -2.41. The average Bonchev–Trinajstić information content (AvgIpc) is 3.38. The molecule has 0 aliphatic carbocycles. The van der Waals surface area contributed by atoms with E-state index in [0.29, 0.717) is 10.3 Å².